The van der Waals surface area contributed by atoms with Gasteiger partial charge in [-0.25, -0.2) is 14.4 Å². The molecule has 5 heteroatoms. The van der Waals surface area contributed by atoms with Crippen LogP contribution in [0.1, 0.15) is 0 Å². The van der Waals surface area contributed by atoms with Gasteiger partial charge in [0, 0.05) is 18.0 Å². The van der Waals surface area contributed by atoms with Gasteiger partial charge in [0.05, 0.1) is 7.11 Å². The number of nitrogens with zero attached hydrogens (tertiary/aromatic N) is 2. The molecule has 0 aliphatic carbocycles. The minimum Gasteiger partial charge on any atom is -0.497 e. The SMILES string of the molecule is COc1ccc(-c2cnc(Oc3ccc(F)cc3)nc2)cc1. The molecule has 0 amide bonds. The van der Waals surface area contributed by atoms with Crippen LogP contribution in [-0.2, 0) is 0 Å². The monoisotopic (exact) mass is 296 g/mol. The highest BCUT2D eigenvalue weighted by Crippen LogP contribution is 2.23. The lowest BCUT2D eigenvalue weighted by Crippen LogP contribution is -1.92. The number of ether oxygens (including phenoxy) is 2. The normalized spacial score (nSPS) is 10.3. The van der Waals surface area contributed by atoms with Crippen LogP contribution >= 0.6 is 0 Å². The van der Waals surface area contributed by atoms with Crippen molar-refractivity contribution in [3.63, 3.8) is 0 Å². The molecule has 0 aliphatic heterocycles. The molecular weight excluding hydrogens is 283 g/mol. The fourth-order valence-corrected chi connectivity index (χ4v) is 1.91. The predicted octanol–water partition coefficient (Wildman–Crippen LogP) is 4.08. The van der Waals surface area contributed by atoms with E-state index in [0.717, 1.165) is 16.9 Å². The second-order valence-electron chi connectivity index (χ2n) is 4.54. The first-order chi connectivity index (χ1) is 10.7. The van der Waals surface area contributed by atoms with Crippen molar-refractivity contribution in [2.75, 3.05) is 7.11 Å². The lowest BCUT2D eigenvalue weighted by atomic mass is 10.1. The van der Waals surface area contributed by atoms with Gasteiger partial charge in [0.25, 0.3) is 0 Å². The van der Waals surface area contributed by atoms with E-state index in [4.69, 9.17) is 9.47 Å². The molecule has 0 spiro atoms. The fourth-order valence-electron chi connectivity index (χ4n) is 1.91. The van der Waals surface area contributed by atoms with Crippen molar-refractivity contribution >= 4 is 0 Å². The number of rotatable bonds is 4. The van der Waals surface area contributed by atoms with Gasteiger partial charge >= 0.3 is 6.01 Å². The van der Waals surface area contributed by atoms with Crippen molar-refractivity contribution in [3.8, 4) is 28.6 Å². The molecule has 0 fully saturated rings. The van der Waals surface area contributed by atoms with E-state index in [1.165, 1.54) is 24.3 Å². The molecular formula is C17H13FN2O2. The molecule has 3 aromatic rings. The Hall–Kier alpha value is -2.95. The van der Waals surface area contributed by atoms with E-state index in [9.17, 15) is 4.39 Å². The maximum atomic E-state index is 12.8. The minimum absolute atomic E-state index is 0.212. The van der Waals surface area contributed by atoms with Crippen molar-refractivity contribution < 1.29 is 13.9 Å². The highest BCUT2D eigenvalue weighted by molar-refractivity contribution is 5.62. The van der Waals surface area contributed by atoms with E-state index in [1.54, 1.807) is 19.5 Å². The van der Waals surface area contributed by atoms with Gasteiger partial charge in [-0.05, 0) is 42.0 Å². The molecule has 1 aromatic heterocycles. The minimum atomic E-state index is -0.317. The van der Waals surface area contributed by atoms with Crippen LogP contribution in [0.5, 0.6) is 17.5 Å². The first-order valence-corrected chi connectivity index (χ1v) is 6.64. The molecule has 0 unspecified atom stereocenters. The molecule has 22 heavy (non-hydrogen) atoms. The molecule has 0 radical (unpaired) electrons. The number of hydrogen-bond donors (Lipinski definition) is 0. The molecule has 4 nitrogen and oxygen atoms in total. The largest absolute Gasteiger partial charge is 0.497 e. The summed E-state index contributed by atoms with van der Waals surface area (Å²) in [7, 11) is 1.62. The van der Waals surface area contributed by atoms with E-state index in [2.05, 4.69) is 9.97 Å². The topological polar surface area (TPSA) is 44.2 Å². The molecule has 1 heterocycles. The summed E-state index contributed by atoms with van der Waals surface area (Å²) in [5.41, 5.74) is 1.85. The van der Waals surface area contributed by atoms with Gasteiger partial charge in [-0.3, -0.25) is 0 Å². The van der Waals surface area contributed by atoms with Crippen LogP contribution < -0.4 is 9.47 Å². The molecule has 2 aromatic carbocycles. The summed E-state index contributed by atoms with van der Waals surface area (Å²) in [6.07, 6.45) is 3.35. The predicted molar refractivity (Wildman–Crippen MR) is 80.5 cm³/mol. The summed E-state index contributed by atoms with van der Waals surface area (Å²) in [6, 6.07) is 13.5. The summed E-state index contributed by atoms with van der Waals surface area (Å²) in [5, 5.41) is 0. The fraction of sp³-hybridized carbons (Fsp3) is 0.0588. The Kier molecular flexibility index (Phi) is 3.96. The summed E-state index contributed by atoms with van der Waals surface area (Å²) >= 11 is 0. The Morgan fingerprint density at radius 2 is 1.36 bits per heavy atom. The van der Waals surface area contributed by atoms with Crippen molar-refractivity contribution in [1.29, 1.82) is 0 Å². The first kappa shape index (κ1) is 14.0. The van der Waals surface area contributed by atoms with E-state index in [0.29, 0.717) is 5.75 Å². The van der Waals surface area contributed by atoms with Gasteiger partial charge in [-0.15, -0.1) is 0 Å². The quantitative estimate of drug-likeness (QED) is 0.727. The zero-order valence-electron chi connectivity index (χ0n) is 11.9. The standard InChI is InChI=1S/C17H13FN2O2/c1-21-15-6-2-12(3-7-15)13-10-19-17(20-11-13)22-16-8-4-14(18)5-9-16/h2-11H,1H3. The third kappa shape index (κ3) is 3.20. The molecule has 0 saturated carbocycles. The number of benzene rings is 2. The van der Waals surface area contributed by atoms with Crippen LogP contribution in [-0.4, -0.2) is 17.1 Å². The summed E-state index contributed by atoms with van der Waals surface area (Å²) < 4.78 is 23.4. The van der Waals surface area contributed by atoms with Gasteiger partial charge in [0.15, 0.2) is 0 Å². The number of methoxy groups -OCH3 is 1. The molecule has 110 valence electrons. The Morgan fingerprint density at radius 3 is 1.95 bits per heavy atom. The molecule has 0 N–H and O–H groups in total. The van der Waals surface area contributed by atoms with Gasteiger partial charge in [0.1, 0.15) is 17.3 Å². The molecule has 0 saturated heterocycles. The Labute approximate surface area is 127 Å². The molecule has 0 atom stereocenters. The zero-order valence-corrected chi connectivity index (χ0v) is 11.9. The number of hydrogen-bond acceptors (Lipinski definition) is 4. The maximum Gasteiger partial charge on any atom is 0.321 e. The zero-order chi connectivity index (χ0) is 15.4. The second kappa shape index (κ2) is 6.22. The summed E-state index contributed by atoms with van der Waals surface area (Å²) in [5.74, 6) is 0.961. The van der Waals surface area contributed by atoms with Crippen molar-refractivity contribution in [2.24, 2.45) is 0 Å². The van der Waals surface area contributed by atoms with Crippen LogP contribution in [0.3, 0.4) is 0 Å². The first-order valence-electron chi connectivity index (χ1n) is 6.64. The number of halogens is 1. The third-order valence-corrected chi connectivity index (χ3v) is 3.07. The van der Waals surface area contributed by atoms with Crippen molar-refractivity contribution in [2.45, 2.75) is 0 Å². The molecule has 0 aliphatic rings. The average Bonchev–Trinajstić information content (AvgIpc) is 2.58. The average molecular weight is 296 g/mol. The van der Waals surface area contributed by atoms with Gasteiger partial charge in [0.2, 0.25) is 0 Å². The van der Waals surface area contributed by atoms with E-state index < -0.39 is 0 Å². The van der Waals surface area contributed by atoms with E-state index in [-0.39, 0.29) is 11.8 Å². The van der Waals surface area contributed by atoms with Gasteiger partial charge < -0.3 is 9.47 Å². The Morgan fingerprint density at radius 1 is 0.773 bits per heavy atom. The van der Waals surface area contributed by atoms with E-state index in [1.807, 2.05) is 24.3 Å². The van der Waals surface area contributed by atoms with Crippen LogP contribution in [0.4, 0.5) is 4.39 Å². The van der Waals surface area contributed by atoms with Crippen molar-refractivity contribution in [1.82, 2.24) is 9.97 Å². The lowest BCUT2D eigenvalue weighted by Gasteiger charge is -2.05. The molecule has 3 rings (SSSR count). The van der Waals surface area contributed by atoms with E-state index >= 15 is 0 Å². The maximum absolute atomic E-state index is 12.8. The molecule has 0 bridgehead atoms. The highest BCUT2D eigenvalue weighted by atomic mass is 19.1. The summed E-state index contributed by atoms with van der Waals surface area (Å²) in [6.45, 7) is 0. The van der Waals surface area contributed by atoms with Crippen LogP contribution in [0.15, 0.2) is 60.9 Å². The van der Waals surface area contributed by atoms with Crippen molar-refractivity contribution in [3.05, 3.63) is 66.7 Å². The second-order valence-corrected chi connectivity index (χ2v) is 4.54. The highest BCUT2D eigenvalue weighted by Gasteiger charge is 2.03. The smallest absolute Gasteiger partial charge is 0.321 e. The van der Waals surface area contributed by atoms with Gasteiger partial charge in [-0.2, -0.15) is 0 Å². The van der Waals surface area contributed by atoms with Crippen LogP contribution in [0.25, 0.3) is 11.1 Å². The number of aromatic nitrogens is 2. The van der Waals surface area contributed by atoms with Crippen LogP contribution in [0, 0.1) is 5.82 Å². The Bertz CT molecular complexity index is 741. The lowest BCUT2D eigenvalue weighted by molar-refractivity contribution is 0.415. The summed E-state index contributed by atoms with van der Waals surface area (Å²) in [4.78, 5) is 8.31. The van der Waals surface area contributed by atoms with Crippen LogP contribution in [0.2, 0.25) is 0 Å². The third-order valence-electron chi connectivity index (χ3n) is 3.07. The Balaban J connectivity index is 1.75. The van der Waals surface area contributed by atoms with Gasteiger partial charge in [-0.1, -0.05) is 12.1 Å².